The van der Waals surface area contributed by atoms with Crippen LogP contribution >= 0.6 is 11.3 Å². The Hall–Kier alpha value is -3.07. The molecule has 164 valence electrons. The van der Waals surface area contributed by atoms with Crippen LogP contribution in [-0.4, -0.2) is 59.2 Å². The molecule has 8 heteroatoms. The Morgan fingerprint density at radius 2 is 1.91 bits per heavy atom. The molecule has 0 atom stereocenters. The molecule has 1 fully saturated rings. The second-order valence-electron chi connectivity index (χ2n) is 7.69. The van der Waals surface area contributed by atoms with E-state index in [0.29, 0.717) is 5.95 Å². The normalized spacial score (nSPS) is 14.5. The van der Waals surface area contributed by atoms with Crippen molar-refractivity contribution >= 4 is 39.0 Å². The molecular formula is C24H26N6OS. The highest BCUT2D eigenvalue weighted by molar-refractivity contribution is 7.21. The molecule has 0 aliphatic carbocycles. The van der Waals surface area contributed by atoms with Crippen LogP contribution in [0.2, 0.25) is 0 Å². The molecule has 0 radical (unpaired) electrons. The first-order chi connectivity index (χ1) is 15.8. The van der Waals surface area contributed by atoms with E-state index in [1.165, 1.54) is 4.70 Å². The topological polar surface area (TPSA) is 75.2 Å². The molecule has 2 aromatic carbocycles. The van der Waals surface area contributed by atoms with Gasteiger partial charge in [0.2, 0.25) is 5.95 Å². The zero-order chi connectivity index (χ0) is 21.6. The molecule has 2 N–H and O–H groups in total. The van der Waals surface area contributed by atoms with Gasteiger partial charge in [0.05, 0.1) is 23.4 Å². The Kier molecular flexibility index (Phi) is 6.53. The van der Waals surface area contributed by atoms with Crippen molar-refractivity contribution in [2.45, 2.75) is 6.42 Å². The highest BCUT2D eigenvalue weighted by Gasteiger charge is 2.10. The Morgan fingerprint density at radius 1 is 1.00 bits per heavy atom. The fourth-order valence-electron chi connectivity index (χ4n) is 3.72. The van der Waals surface area contributed by atoms with Crippen molar-refractivity contribution in [2.75, 3.05) is 50.0 Å². The van der Waals surface area contributed by atoms with Gasteiger partial charge in [0.1, 0.15) is 10.8 Å². The predicted octanol–water partition coefficient (Wildman–Crippen LogP) is 4.63. The molecule has 2 aromatic heterocycles. The van der Waals surface area contributed by atoms with Crippen molar-refractivity contribution in [3.8, 4) is 10.6 Å². The second-order valence-corrected chi connectivity index (χ2v) is 8.72. The van der Waals surface area contributed by atoms with Crippen LogP contribution in [0.15, 0.2) is 60.8 Å². The standard InChI is InChI=1S/C24H26N6OS/c1-2-8-21-20(7-1)28-23(32-21)18-5-3-6-19(17-18)27-24-26-11-9-22(29-24)25-10-4-12-30-13-15-31-16-14-30/h1-3,5-9,11,17H,4,10,12-16H2,(H2,25,26,27,29). The van der Waals surface area contributed by atoms with E-state index in [4.69, 9.17) is 9.72 Å². The maximum Gasteiger partial charge on any atom is 0.229 e. The van der Waals surface area contributed by atoms with Gasteiger partial charge in [-0.25, -0.2) is 9.97 Å². The lowest BCUT2D eigenvalue weighted by molar-refractivity contribution is 0.0378. The van der Waals surface area contributed by atoms with Gasteiger partial charge in [0, 0.05) is 37.1 Å². The van der Waals surface area contributed by atoms with E-state index in [1.807, 2.05) is 36.4 Å². The number of fused-ring (bicyclic) bond motifs is 1. The minimum Gasteiger partial charge on any atom is -0.379 e. The Balaban J connectivity index is 1.20. The van der Waals surface area contributed by atoms with Crippen LogP contribution in [0.1, 0.15) is 6.42 Å². The van der Waals surface area contributed by atoms with Gasteiger partial charge in [-0.3, -0.25) is 4.90 Å². The first kappa shape index (κ1) is 20.8. The molecular weight excluding hydrogens is 420 g/mol. The summed E-state index contributed by atoms with van der Waals surface area (Å²) in [4.78, 5) is 16.2. The van der Waals surface area contributed by atoms with Gasteiger partial charge >= 0.3 is 0 Å². The van der Waals surface area contributed by atoms with Crippen LogP contribution in [0.4, 0.5) is 17.5 Å². The molecule has 3 heterocycles. The van der Waals surface area contributed by atoms with E-state index in [2.05, 4.69) is 43.7 Å². The van der Waals surface area contributed by atoms with Crippen LogP contribution in [-0.2, 0) is 4.74 Å². The van der Waals surface area contributed by atoms with Crippen molar-refractivity contribution in [2.24, 2.45) is 0 Å². The average Bonchev–Trinajstić information content (AvgIpc) is 3.28. The molecule has 1 aliphatic heterocycles. The molecule has 0 saturated carbocycles. The van der Waals surface area contributed by atoms with E-state index in [1.54, 1.807) is 17.5 Å². The van der Waals surface area contributed by atoms with Crippen molar-refractivity contribution in [3.05, 3.63) is 60.8 Å². The second kappa shape index (κ2) is 10.0. The monoisotopic (exact) mass is 446 g/mol. The largest absolute Gasteiger partial charge is 0.379 e. The summed E-state index contributed by atoms with van der Waals surface area (Å²) in [5, 5.41) is 7.73. The molecule has 4 aromatic rings. The molecule has 1 aliphatic rings. The molecule has 0 spiro atoms. The van der Waals surface area contributed by atoms with E-state index < -0.39 is 0 Å². The molecule has 0 bridgehead atoms. The molecule has 5 rings (SSSR count). The minimum atomic E-state index is 0.574. The number of thiazole rings is 1. The Bertz CT molecular complexity index is 1140. The Morgan fingerprint density at radius 3 is 2.81 bits per heavy atom. The summed E-state index contributed by atoms with van der Waals surface area (Å²) >= 11 is 1.70. The van der Waals surface area contributed by atoms with Crippen molar-refractivity contribution in [1.82, 2.24) is 19.9 Å². The maximum absolute atomic E-state index is 5.40. The van der Waals surface area contributed by atoms with Gasteiger partial charge in [0.25, 0.3) is 0 Å². The fourth-order valence-corrected chi connectivity index (χ4v) is 4.68. The summed E-state index contributed by atoms with van der Waals surface area (Å²) in [7, 11) is 0. The molecule has 0 amide bonds. The van der Waals surface area contributed by atoms with Gasteiger partial charge in [-0.05, 0) is 43.3 Å². The summed E-state index contributed by atoms with van der Waals surface area (Å²) in [5.41, 5.74) is 3.04. The molecule has 32 heavy (non-hydrogen) atoms. The lowest BCUT2D eigenvalue weighted by Crippen LogP contribution is -2.37. The quantitative estimate of drug-likeness (QED) is 0.382. The summed E-state index contributed by atoms with van der Waals surface area (Å²) < 4.78 is 6.59. The molecule has 1 saturated heterocycles. The number of nitrogens with one attached hydrogen (secondary N) is 2. The van der Waals surface area contributed by atoms with Crippen LogP contribution in [0.25, 0.3) is 20.8 Å². The first-order valence-electron chi connectivity index (χ1n) is 10.9. The fraction of sp³-hybridized carbons (Fsp3) is 0.292. The van der Waals surface area contributed by atoms with Crippen LogP contribution in [0.5, 0.6) is 0 Å². The highest BCUT2D eigenvalue weighted by atomic mass is 32.1. The van der Waals surface area contributed by atoms with E-state index in [0.717, 1.165) is 73.4 Å². The van der Waals surface area contributed by atoms with Crippen LogP contribution in [0.3, 0.4) is 0 Å². The first-order valence-corrected chi connectivity index (χ1v) is 11.8. The minimum absolute atomic E-state index is 0.574. The smallest absolute Gasteiger partial charge is 0.229 e. The average molecular weight is 447 g/mol. The SMILES string of the molecule is c1cc(Nc2nccc(NCCCN3CCOCC3)n2)cc(-c2nc3ccccc3s2)c1. The van der Waals surface area contributed by atoms with Gasteiger partial charge in [-0.1, -0.05) is 24.3 Å². The number of nitrogens with zero attached hydrogens (tertiary/aromatic N) is 4. The highest BCUT2D eigenvalue weighted by Crippen LogP contribution is 2.31. The third kappa shape index (κ3) is 5.21. The third-order valence-corrected chi connectivity index (χ3v) is 6.46. The summed E-state index contributed by atoms with van der Waals surface area (Å²) in [5.74, 6) is 1.40. The number of anilines is 3. The number of morpholine rings is 1. The maximum atomic E-state index is 5.40. The number of para-hydroxylation sites is 1. The molecule has 7 nitrogen and oxygen atoms in total. The number of rotatable bonds is 8. The third-order valence-electron chi connectivity index (χ3n) is 5.38. The van der Waals surface area contributed by atoms with Crippen LogP contribution in [0, 0.1) is 0 Å². The lowest BCUT2D eigenvalue weighted by atomic mass is 10.2. The number of benzene rings is 2. The number of aromatic nitrogens is 3. The van der Waals surface area contributed by atoms with Gasteiger partial charge in [-0.2, -0.15) is 4.98 Å². The van der Waals surface area contributed by atoms with Crippen molar-refractivity contribution < 1.29 is 4.74 Å². The lowest BCUT2D eigenvalue weighted by Gasteiger charge is -2.26. The van der Waals surface area contributed by atoms with E-state index in [9.17, 15) is 0 Å². The molecule has 0 unspecified atom stereocenters. The summed E-state index contributed by atoms with van der Waals surface area (Å²) in [6, 6.07) is 18.3. The van der Waals surface area contributed by atoms with E-state index in [-0.39, 0.29) is 0 Å². The zero-order valence-corrected chi connectivity index (χ0v) is 18.6. The van der Waals surface area contributed by atoms with Gasteiger partial charge in [0.15, 0.2) is 0 Å². The zero-order valence-electron chi connectivity index (χ0n) is 17.8. The van der Waals surface area contributed by atoms with Crippen molar-refractivity contribution in [3.63, 3.8) is 0 Å². The summed E-state index contributed by atoms with van der Waals surface area (Å²) in [6.07, 6.45) is 2.84. The predicted molar refractivity (Wildman–Crippen MR) is 131 cm³/mol. The van der Waals surface area contributed by atoms with Gasteiger partial charge < -0.3 is 15.4 Å². The Labute approximate surface area is 191 Å². The van der Waals surface area contributed by atoms with E-state index >= 15 is 0 Å². The number of hydrogen-bond donors (Lipinski definition) is 2. The van der Waals surface area contributed by atoms with Crippen LogP contribution < -0.4 is 10.6 Å². The van der Waals surface area contributed by atoms with Gasteiger partial charge in [-0.15, -0.1) is 11.3 Å². The van der Waals surface area contributed by atoms with Crippen molar-refractivity contribution in [1.29, 1.82) is 0 Å². The summed E-state index contributed by atoms with van der Waals surface area (Å²) in [6.45, 7) is 5.68. The number of ether oxygens (including phenoxy) is 1. The number of hydrogen-bond acceptors (Lipinski definition) is 8.